The molecule has 28 heavy (non-hydrogen) atoms. The first-order valence-electron chi connectivity index (χ1n) is 10.5. The number of nitrogens with one attached hydrogen (secondary N) is 1. The van der Waals surface area contributed by atoms with Crippen molar-refractivity contribution in [3.63, 3.8) is 0 Å². The fourth-order valence-corrected chi connectivity index (χ4v) is 3.75. The number of anilines is 1. The highest BCUT2D eigenvalue weighted by Gasteiger charge is 2.19. The zero-order chi connectivity index (χ0) is 18.9. The van der Waals surface area contributed by atoms with Gasteiger partial charge in [0.15, 0.2) is 5.96 Å². The van der Waals surface area contributed by atoms with Gasteiger partial charge in [-0.2, -0.15) is 0 Å². The SMILES string of the molecule is CCNC(=NCCCN1CCN(c2ncccn2)CC1)N1CCC(C)CC1.I. The molecule has 0 saturated carbocycles. The molecular weight excluding hydrogens is 465 g/mol. The lowest BCUT2D eigenvalue weighted by atomic mass is 10.00. The molecule has 2 fully saturated rings. The number of aliphatic imine (C=N–C) groups is 1. The van der Waals surface area contributed by atoms with Crippen LogP contribution in [0.3, 0.4) is 0 Å². The van der Waals surface area contributed by atoms with Crippen molar-refractivity contribution in [3.8, 4) is 0 Å². The molecule has 2 aliphatic rings. The first-order chi connectivity index (χ1) is 13.3. The molecule has 0 bridgehead atoms. The normalized spacial score (nSPS) is 19.4. The van der Waals surface area contributed by atoms with Crippen LogP contribution in [0.2, 0.25) is 0 Å². The lowest BCUT2D eigenvalue weighted by Crippen LogP contribution is -2.47. The molecule has 0 atom stereocenters. The number of guanidine groups is 1. The van der Waals surface area contributed by atoms with Crippen LogP contribution in [-0.2, 0) is 0 Å². The van der Waals surface area contributed by atoms with Crippen LogP contribution in [0.1, 0.15) is 33.1 Å². The van der Waals surface area contributed by atoms with Crippen LogP contribution in [0.25, 0.3) is 0 Å². The molecular formula is C20H36IN7. The number of hydrogen-bond acceptors (Lipinski definition) is 5. The molecule has 3 rings (SSSR count). The Hall–Kier alpha value is -1.16. The average Bonchev–Trinajstić information content (AvgIpc) is 2.72. The van der Waals surface area contributed by atoms with Crippen LogP contribution >= 0.6 is 24.0 Å². The van der Waals surface area contributed by atoms with E-state index in [9.17, 15) is 0 Å². The lowest BCUT2D eigenvalue weighted by Gasteiger charge is -2.34. The predicted octanol–water partition coefficient (Wildman–Crippen LogP) is 2.30. The van der Waals surface area contributed by atoms with Crippen molar-refractivity contribution < 1.29 is 0 Å². The summed E-state index contributed by atoms with van der Waals surface area (Å²) in [5.74, 6) is 2.81. The van der Waals surface area contributed by atoms with Crippen LogP contribution in [0.4, 0.5) is 5.95 Å². The average molecular weight is 501 g/mol. The molecule has 0 aliphatic carbocycles. The van der Waals surface area contributed by atoms with Gasteiger partial charge in [-0.25, -0.2) is 9.97 Å². The van der Waals surface area contributed by atoms with Gasteiger partial charge in [-0.3, -0.25) is 9.89 Å². The number of halogens is 1. The van der Waals surface area contributed by atoms with Gasteiger partial charge in [0, 0.05) is 71.3 Å². The van der Waals surface area contributed by atoms with Gasteiger partial charge in [0.1, 0.15) is 0 Å². The lowest BCUT2D eigenvalue weighted by molar-refractivity contribution is 0.254. The van der Waals surface area contributed by atoms with E-state index in [1.54, 1.807) is 0 Å². The Morgan fingerprint density at radius 3 is 2.43 bits per heavy atom. The van der Waals surface area contributed by atoms with Crippen molar-refractivity contribution in [2.45, 2.75) is 33.1 Å². The summed E-state index contributed by atoms with van der Waals surface area (Å²) in [7, 11) is 0. The second-order valence-electron chi connectivity index (χ2n) is 7.64. The first-order valence-corrected chi connectivity index (χ1v) is 10.5. The van der Waals surface area contributed by atoms with Gasteiger partial charge in [0.2, 0.25) is 5.95 Å². The highest BCUT2D eigenvalue weighted by Crippen LogP contribution is 2.16. The molecule has 0 amide bonds. The minimum absolute atomic E-state index is 0. The van der Waals surface area contributed by atoms with Crippen molar-refractivity contribution in [3.05, 3.63) is 18.5 Å². The Labute approximate surface area is 187 Å². The Morgan fingerprint density at radius 1 is 1.11 bits per heavy atom. The van der Waals surface area contributed by atoms with Crippen molar-refractivity contribution in [1.82, 2.24) is 25.1 Å². The molecule has 2 saturated heterocycles. The van der Waals surface area contributed by atoms with E-state index in [2.05, 4.69) is 43.8 Å². The molecule has 0 aromatic carbocycles. The van der Waals surface area contributed by atoms with Gasteiger partial charge >= 0.3 is 0 Å². The molecule has 3 heterocycles. The van der Waals surface area contributed by atoms with Crippen molar-refractivity contribution in [2.24, 2.45) is 10.9 Å². The standard InChI is InChI=1S/C20H35N7.HI/c1-3-21-19(26-12-6-18(2)7-13-26)24-10-5-11-25-14-16-27(17-15-25)20-22-8-4-9-23-20;/h4,8-9,18H,3,5-7,10-17H2,1-2H3,(H,21,24);1H. The Bertz CT molecular complexity index is 567. The first kappa shape index (κ1) is 23.1. The van der Waals surface area contributed by atoms with Crippen LogP contribution in [0.15, 0.2) is 23.5 Å². The van der Waals surface area contributed by atoms with Gasteiger partial charge in [-0.05, 0) is 38.2 Å². The Kier molecular flexibility index (Phi) is 10.3. The number of likely N-dealkylation sites (tertiary alicyclic amines) is 1. The molecule has 0 spiro atoms. The molecule has 2 aliphatic heterocycles. The summed E-state index contributed by atoms with van der Waals surface area (Å²) in [6.45, 7) is 13.9. The monoisotopic (exact) mass is 501 g/mol. The molecule has 0 radical (unpaired) electrons. The highest BCUT2D eigenvalue weighted by atomic mass is 127. The molecule has 7 nitrogen and oxygen atoms in total. The fraction of sp³-hybridized carbons (Fsp3) is 0.750. The quantitative estimate of drug-likeness (QED) is 0.280. The van der Waals surface area contributed by atoms with E-state index in [4.69, 9.17) is 4.99 Å². The second-order valence-corrected chi connectivity index (χ2v) is 7.64. The van der Waals surface area contributed by atoms with Crippen LogP contribution < -0.4 is 10.2 Å². The summed E-state index contributed by atoms with van der Waals surface area (Å²) < 4.78 is 0. The minimum Gasteiger partial charge on any atom is -0.357 e. The van der Waals surface area contributed by atoms with Crippen molar-refractivity contribution >= 4 is 35.9 Å². The van der Waals surface area contributed by atoms with E-state index >= 15 is 0 Å². The van der Waals surface area contributed by atoms with Crippen molar-refractivity contribution in [2.75, 3.05) is 63.8 Å². The molecule has 8 heteroatoms. The minimum atomic E-state index is 0. The third-order valence-corrected chi connectivity index (χ3v) is 5.52. The zero-order valence-corrected chi connectivity index (χ0v) is 19.7. The summed E-state index contributed by atoms with van der Waals surface area (Å²) in [5.41, 5.74) is 0. The smallest absolute Gasteiger partial charge is 0.225 e. The molecule has 0 unspecified atom stereocenters. The molecule has 158 valence electrons. The maximum Gasteiger partial charge on any atom is 0.225 e. The summed E-state index contributed by atoms with van der Waals surface area (Å²) in [5, 5.41) is 3.47. The maximum atomic E-state index is 4.88. The number of aromatic nitrogens is 2. The third kappa shape index (κ3) is 7.02. The van der Waals surface area contributed by atoms with Crippen LogP contribution in [0, 0.1) is 5.92 Å². The molecule has 1 aromatic heterocycles. The van der Waals surface area contributed by atoms with E-state index in [1.165, 1.54) is 12.8 Å². The second kappa shape index (κ2) is 12.4. The van der Waals surface area contributed by atoms with E-state index in [-0.39, 0.29) is 24.0 Å². The summed E-state index contributed by atoms with van der Waals surface area (Å²) in [4.78, 5) is 20.8. The van der Waals surface area contributed by atoms with Gasteiger partial charge in [0.25, 0.3) is 0 Å². The van der Waals surface area contributed by atoms with E-state index in [0.29, 0.717) is 0 Å². The Balaban J connectivity index is 0.00000280. The summed E-state index contributed by atoms with van der Waals surface area (Å²) >= 11 is 0. The molecule has 1 N–H and O–H groups in total. The maximum absolute atomic E-state index is 4.88. The van der Waals surface area contributed by atoms with E-state index in [0.717, 1.165) is 83.1 Å². The Morgan fingerprint density at radius 2 is 1.79 bits per heavy atom. The van der Waals surface area contributed by atoms with Gasteiger partial charge < -0.3 is 15.1 Å². The van der Waals surface area contributed by atoms with E-state index in [1.807, 2.05) is 18.5 Å². The van der Waals surface area contributed by atoms with Gasteiger partial charge in [-0.1, -0.05) is 6.92 Å². The third-order valence-electron chi connectivity index (χ3n) is 5.52. The van der Waals surface area contributed by atoms with Gasteiger partial charge in [-0.15, -0.1) is 24.0 Å². The number of rotatable bonds is 6. The largest absolute Gasteiger partial charge is 0.357 e. The van der Waals surface area contributed by atoms with E-state index < -0.39 is 0 Å². The molecule has 1 aromatic rings. The van der Waals surface area contributed by atoms with Crippen molar-refractivity contribution in [1.29, 1.82) is 0 Å². The topological polar surface area (TPSA) is 59.9 Å². The number of nitrogens with zero attached hydrogens (tertiary/aromatic N) is 6. The zero-order valence-electron chi connectivity index (χ0n) is 17.4. The van der Waals surface area contributed by atoms with Crippen LogP contribution in [-0.4, -0.2) is 84.6 Å². The number of hydrogen-bond donors (Lipinski definition) is 1. The predicted molar refractivity (Wildman–Crippen MR) is 127 cm³/mol. The summed E-state index contributed by atoms with van der Waals surface area (Å²) in [6.07, 6.45) is 7.30. The van der Waals surface area contributed by atoms with Gasteiger partial charge in [0.05, 0.1) is 0 Å². The fourth-order valence-electron chi connectivity index (χ4n) is 3.75. The summed E-state index contributed by atoms with van der Waals surface area (Å²) in [6, 6.07) is 1.87. The highest BCUT2D eigenvalue weighted by molar-refractivity contribution is 14.0. The number of piperazine rings is 1. The number of piperidine rings is 1. The van der Waals surface area contributed by atoms with Crippen LogP contribution in [0.5, 0.6) is 0 Å².